The summed E-state index contributed by atoms with van der Waals surface area (Å²) in [6, 6.07) is 7.64. The molecule has 3 aliphatic heterocycles. The lowest BCUT2D eigenvalue weighted by Gasteiger charge is -2.33. The van der Waals surface area contributed by atoms with Crippen LogP contribution in [0, 0.1) is 23.0 Å². The molecule has 6 heterocycles. The second-order valence-electron chi connectivity index (χ2n) is 13.1. The summed E-state index contributed by atoms with van der Waals surface area (Å²) in [6.07, 6.45) is 4.76. The average molecular weight is 733 g/mol. The van der Waals surface area contributed by atoms with Gasteiger partial charge in [0.2, 0.25) is 0 Å². The monoisotopic (exact) mass is 732 g/mol. The van der Waals surface area contributed by atoms with Crippen LogP contribution in [-0.2, 0) is 0 Å². The van der Waals surface area contributed by atoms with Crippen LogP contribution >= 0.6 is 22.9 Å². The number of anilines is 3. The lowest BCUT2D eigenvalue weighted by molar-refractivity contribution is 0.107. The summed E-state index contributed by atoms with van der Waals surface area (Å²) in [4.78, 5) is 17.8. The van der Waals surface area contributed by atoms with Crippen molar-refractivity contribution in [3.05, 3.63) is 70.9 Å². The van der Waals surface area contributed by atoms with Gasteiger partial charge in [-0.1, -0.05) is 29.8 Å². The minimum Gasteiger partial charge on any atom is -0.489 e. The zero-order valence-corrected chi connectivity index (χ0v) is 28.8. The zero-order chi connectivity index (χ0) is 35.6. The molecule has 0 bridgehead atoms. The molecule has 3 atom stereocenters. The normalized spacial score (nSPS) is 20.6. The van der Waals surface area contributed by atoms with Gasteiger partial charge in [0.05, 0.1) is 38.8 Å². The lowest BCUT2D eigenvalue weighted by atomic mass is 9.95. The Labute approximate surface area is 300 Å². The highest BCUT2D eigenvalue weighted by atomic mass is 35.5. The van der Waals surface area contributed by atoms with Crippen LogP contribution in [0.25, 0.3) is 32.1 Å². The van der Waals surface area contributed by atoms with Crippen molar-refractivity contribution in [2.24, 2.45) is 0 Å². The van der Waals surface area contributed by atoms with E-state index in [1.807, 2.05) is 17.0 Å². The molecule has 8 rings (SSSR count). The number of nitrogens with two attached hydrogens (primary N) is 2. The Morgan fingerprint density at radius 1 is 1.24 bits per heavy atom. The van der Waals surface area contributed by atoms with Crippen molar-refractivity contribution in [2.75, 3.05) is 49.2 Å². The topological polar surface area (TPSA) is 139 Å². The maximum atomic E-state index is 17.4. The first-order valence-electron chi connectivity index (χ1n) is 16.5. The molecular weight excluding hydrogens is 701 g/mol. The van der Waals surface area contributed by atoms with Crippen LogP contribution < -0.4 is 25.8 Å². The van der Waals surface area contributed by atoms with E-state index in [1.165, 1.54) is 12.1 Å². The first-order chi connectivity index (χ1) is 24.7. The molecule has 15 heteroatoms. The SMILES string of the molecule is C=CCC(c1cccnc1N)N1CCOc2c(Cl)c(-c3ccc(F)c4sc(N)c(C#N)c34)c(F)c3nc(OC[C@@]45CCCN4C[C@H](F)C5)nc1c23. The number of thiophene rings is 1. The minimum atomic E-state index is -0.977. The summed E-state index contributed by atoms with van der Waals surface area (Å²) in [5.74, 6) is -0.769. The van der Waals surface area contributed by atoms with Gasteiger partial charge in [-0.25, -0.2) is 18.2 Å². The Balaban J connectivity index is 1.37. The number of nitrogen functional groups attached to an aromatic ring is 2. The quantitative estimate of drug-likeness (QED) is 0.156. The number of nitrogens with zero attached hydrogens (tertiary/aromatic N) is 6. The number of ether oxygens (including phenoxy) is 2. The van der Waals surface area contributed by atoms with E-state index in [0.717, 1.165) is 30.7 Å². The number of benzene rings is 2. The summed E-state index contributed by atoms with van der Waals surface area (Å²) in [6.45, 7) is 5.53. The van der Waals surface area contributed by atoms with E-state index in [-0.39, 0.29) is 85.0 Å². The Kier molecular flexibility index (Phi) is 8.32. The molecule has 2 aromatic carbocycles. The highest BCUT2D eigenvalue weighted by molar-refractivity contribution is 7.23. The van der Waals surface area contributed by atoms with E-state index in [0.29, 0.717) is 30.8 Å². The van der Waals surface area contributed by atoms with Gasteiger partial charge in [0.1, 0.15) is 53.4 Å². The molecule has 5 aromatic rings. The third-order valence-corrected chi connectivity index (χ3v) is 11.6. The number of halogens is 4. The fourth-order valence-electron chi connectivity index (χ4n) is 7.98. The Hall–Kier alpha value is -4.84. The predicted octanol–water partition coefficient (Wildman–Crippen LogP) is 7.35. The van der Waals surface area contributed by atoms with Crippen molar-refractivity contribution in [3.63, 3.8) is 0 Å². The van der Waals surface area contributed by atoms with E-state index in [9.17, 15) is 9.65 Å². The van der Waals surface area contributed by atoms with Gasteiger partial charge in [-0.3, -0.25) is 4.90 Å². The third-order valence-electron chi connectivity index (χ3n) is 10.2. The molecule has 0 aliphatic carbocycles. The molecule has 3 aromatic heterocycles. The predicted molar refractivity (Wildman–Crippen MR) is 192 cm³/mol. The van der Waals surface area contributed by atoms with Gasteiger partial charge in [-0.2, -0.15) is 15.2 Å². The second-order valence-corrected chi connectivity index (χ2v) is 14.5. The van der Waals surface area contributed by atoms with Crippen molar-refractivity contribution < 1.29 is 22.6 Å². The van der Waals surface area contributed by atoms with Crippen LogP contribution in [0.3, 0.4) is 0 Å². The molecule has 0 saturated carbocycles. The summed E-state index contributed by atoms with van der Waals surface area (Å²) >= 11 is 7.97. The number of aromatic nitrogens is 3. The fourth-order valence-corrected chi connectivity index (χ4v) is 9.27. The number of nitriles is 1. The molecule has 0 spiro atoms. The second kappa shape index (κ2) is 12.7. The van der Waals surface area contributed by atoms with E-state index < -0.39 is 29.4 Å². The third kappa shape index (κ3) is 5.29. The van der Waals surface area contributed by atoms with Crippen molar-refractivity contribution in [3.8, 4) is 29.0 Å². The van der Waals surface area contributed by atoms with Gasteiger partial charge in [0, 0.05) is 35.7 Å². The number of pyridine rings is 1. The molecule has 51 heavy (non-hydrogen) atoms. The first kappa shape index (κ1) is 33.3. The molecular formula is C36H32ClF3N8O2S. The Morgan fingerprint density at radius 2 is 2.08 bits per heavy atom. The average Bonchev–Trinajstić information content (AvgIpc) is 3.71. The summed E-state index contributed by atoms with van der Waals surface area (Å²) in [7, 11) is 0. The molecule has 0 radical (unpaired) electrons. The molecule has 0 amide bonds. The van der Waals surface area contributed by atoms with Crippen molar-refractivity contribution in [2.45, 2.75) is 43.4 Å². The number of fused-ring (bicyclic) bond motifs is 2. The summed E-state index contributed by atoms with van der Waals surface area (Å²) < 4.78 is 59.8. The first-order valence-corrected chi connectivity index (χ1v) is 17.7. The standard InChI is InChI=1S/C36H32ClF3N8O2S/c1-2-5-23(19-6-3-10-44-32(19)42)48-12-13-49-30-26-29(45-35(46-34(26)48)50-17-36-9-4-11-47(36)16-18(38)14-36)28(40)25(27(30)37)20-7-8-22(39)31-24(20)21(15-41)33(43)51-31/h2-3,6-8,10,18,23H,1,4-5,9,11-14,16-17,43H2,(H2,42,44)/t18-,23?,36+/m1/s1. The van der Waals surface area contributed by atoms with Gasteiger partial charge in [0.25, 0.3) is 0 Å². The van der Waals surface area contributed by atoms with Crippen LogP contribution in [0.4, 0.5) is 29.8 Å². The smallest absolute Gasteiger partial charge is 0.319 e. The maximum absolute atomic E-state index is 17.4. The van der Waals surface area contributed by atoms with E-state index in [1.54, 1.807) is 18.3 Å². The van der Waals surface area contributed by atoms with Crippen molar-refractivity contribution in [1.82, 2.24) is 19.9 Å². The van der Waals surface area contributed by atoms with E-state index in [4.69, 9.17) is 37.5 Å². The number of rotatable bonds is 8. The Morgan fingerprint density at radius 3 is 2.86 bits per heavy atom. The highest BCUT2D eigenvalue weighted by Gasteiger charge is 2.49. The fraction of sp³-hybridized carbons (Fsp3) is 0.333. The van der Waals surface area contributed by atoms with Crippen LogP contribution in [0.5, 0.6) is 11.8 Å². The number of alkyl halides is 1. The highest BCUT2D eigenvalue weighted by Crippen LogP contribution is 2.52. The summed E-state index contributed by atoms with van der Waals surface area (Å²) in [5.41, 5.74) is 12.5. The van der Waals surface area contributed by atoms with Gasteiger partial charge in [-0.05, 0) is 43.5 Å². The van der Waals surface area contributed by atoms with Gasteiger partial charge in [-0.15, -0.1) is 17.9 Å². The summed E-state index contributed by atoms with van der Waals surface area (Å²) in [5, 5.41) is 10.3. The molecule has 3 aliphatic rings. The van der Waals surface area contributed by atoms with Crippen LogP contribution in [0.2, 0.25) is 5.02 Å². The zero-order valence-electron chi connectivity index (χ0n) is 27.3. The number of hydrogen-bond donors (Lipinski definition) is 2. The van der Waals surface area contributed by atoms with E-state index >= 15 is 8.78 Å². The minimum absolute atomic E-state index is 0.00912. The molecule has 4 N–H and O–H groups in total. The van der Waals surface area contributed by atoms with Gasteiger partial charge < -0.3 is 25.8 Å². The largest absolute Gasteiger partial charge is 0.489 e. The maximum Gasteiger partial charge on any atom is 0.319 e. The van der Waals surface area contributed by atoms with Crippen molar-refractivity contribution in [1.29, 1.82) is 5.26 Å². The number of hydrogen-bond acceptors (Lipinski definition) is 11. The van der Waals surface area contributed by atoms with Crippen LogP contribution in [0.15, 0.2) is 43.1 Å². The van der Waals surface area contributed by atoms with E-state index in [2.05, 4.69) is 21.4 Å². The molecule has 262 valence electrons. The molecule has 2 saturated heterocycles. The van der Waals surface area contributed by atoms with Crippen LogP contribution in [-0.4, -0.2) is 64.4 Å². The lowest BCUT2D eigenvalue weighted by Crippen LogP contribution is -2.43. The molecule has 2 fully saturated rings. The van der Waals surface area contributed by atoms with Crippen LogP contribution in [0.1, 0.15) is 42.9 Å². The Bertz CT molecular complexity index is 2280. The van der Waals surface area contributed by atoms with Gasteiger partial charge in [0.15, 0.2) is 11.6 Å². The van der Waals surface area contributed by atoms with Gasteiger partial charge >= 0.3 is 6.01 Å². The molecule has 1 unspecified atom stereocenters. The van der Waals surface area contributed by atoms with Crippen molar-refractivity contribution >= 4 is 60.6 Å². The molecule has 10 nitrogen and oxygen atoms in total.